The molecule has 1 unspecified atom stereocenters. The topological polar surface area (TPSA) is 26.1 Å². The molecule has 0 amide bonds. The maximum atomic E-state index is 7.38. The van der Waals surface area contributed by atoms with E-state index >= 15 is 0 Å². The van der Waals surface area contributed by atoms with Gasteiger partial charge in [-0.2, -0.15) is 0 Å². The number of anilines is 12. The van der Waals surface area contributed by atoms with Crippen LogP contribution in [0.1, 0.15) is 398 Å². The van der Waals surface area contributed by atoms with E-state index in [1.54, 1.807) is 5.56 Å². The van der Waals surface area contributed by atoms with Crippen molar-refractivity contribution >= 4 is 209 Å². The molecule has 0 spiro atoms. The predicted molar refractivity (Wildman–Crippen MR) is 645 cm³/mol. The van der Waals surface area contributed by atoms with Crippen LogP contribution < -0.4 is 51.0 Å². The highest BCUT2D eigenvalue weighted by molar-refractivity contribution is 7.34. The summed E-state index contributed by atoms with van der Waals surface area (Å²) in [6.07, 6.45) is 18.3. The summed E-state index contributed by atoms with van der Waals surface area (Å²) >= 11 is 6.24. The van der Waals surface area contributed by atoms with Crippen molar-refractivity contribution in [3.05, 3.63) is 271 Å². The van der Waals surface area contributed by atoms with Crippen LogP contribution in [0.3, 0.4) is 0 Å². The largest absolute Gasteiger partial charge is 0.456 e. The molecule has 10 heteroatoms. The van der Waals surface area contributed by atoms with Crippen LogP contribution in [0.15, 0.2) is 180 Å². The number of thiophene rings is 3. The quantitative estimate of drug-likeness (QED) is 0.141. The Morgan fingerprint density at radius 2 is 0.635 bits per heavy atom. The van der Waals surface area contributed by atoms with Gasteiger partial charge in [-0.1, -0.05) is 249 Å². The van der Waals surface area contributed by atoms with Gasteiger partial charge in [0.15, 0.2) is 0 Å². The van der Waals surface area contributed by atoms with Crippen molar-refractivity contribution in [3.63, 3.8) is 0 Å². The normalized spacial score (nSPS) is 22.1. The molecule has 0 saturated heterocycles. The van der Waals surface area contributed by atoms with Crippen LogP contribution in [0, 0.1) is 13.8 Å². The van der Waals surface area contributed by atoms with E-state index in [2.05, 4.69) is 433 Å². The summed E-state index contributed by atoms with van der Waals surface area (Å²) in [6.45, 7) is 78.1. The van der Waals surface area contributed by atoms with Gasteiger partial charge in [0.2, 0.25) is 0 Å². The monoisotopic (exact) mass is 2000 g/mol. The zero-order valence-corrected chi connectivity index (χ0v) is 97.1. The summed E-state index contributed by atoms with van der Waals surface area (Å²) in [6, 6.07) is 75.0. The Bertz CT molecular complexity index is 8590. The van der Waals surface area contributed by atoms with Crippen molar-refractivity contribution < 1.29 is 4.42 Å². The molecule has 27 rings (SSSR count). The second-order valence-corrected chi connectivity index (χ2v) is 61.7. The Hall–Kier alpha value is -10.1. The number of furan rings is 1. The van der Waals surface area contributed by atoms with E-state index in [9.17, 15) is 0 Å². The predicted octanol–water partition coefficient (Wildman–Crippen LogP) is 36.3. The average molecular weight is 2000 g/mol. The molecule has 1 atom stereocenters. The van der Waals surface area contributed by atoms with Gasteiger partial charge in [0.05, 0.1) is 32.8 Å². The lowest BCUT2D eigenvalue weighted by atomic mass is 9.35. The van der Waals surface area contributed by atoms with E-state index in [4.69, 9.17) is 4.42 Å². The van der Waals surface area contributed by atoms with Crippen LogP contribution in [0.25, 0.3) is 62.3 Å². The fourth-order valence-electron chi connectivity index (χ4n) is 31.3. The summed E-state index contributed by atoms with van der Waals surface area (Å²) in [5, 5.41) is 7.90. The molecular formula is C138H154B2N4OS3. The highest BCUT2D eigenvalue weighted by atomic mass is 32.1. The third-order valence-corrected chi connectivity index (χ3v) is 45.6. The van der Waals surface area contributed by atoms with Crippen LogP contribution >= 0.6 is 34.0 Å². The van der Waals surface area contributed by atoms with Gasteiger partial charge in [0.25, 0.3) is 13.4 Å². The minimum Gasteiger partial charge on any atom is -0.456 e. The lowest BCUT2D eigenvalue weighted by molar-refractivity contribution is 0.272. The summed E-state index contributed by atoms with van der Waals surface area (Å²) in [5.41, 5.74) is 48.2. The first-order valence-electron chi connectivity index (χ1n) is 56.7. The fourth-order valence-corrected chi connectivity index (χ4v) is 35.2. The Kier molecular flexibility index (Phi) is 19.8. The molecule has 0 N–H and O–H groups in total. The Morgan fingerprint density at radius 1 is 0.277 bits per heavy atom. The van der Waals surface area contributed by atoms with Crippen LogP contribution in [-0.4, -0.2) is 13.4 Å². The number of hydrogen-bond donors (Lipinski definition) is 0. The lowest BCUT2D eigenvalue weighted by Gasteiger charge is -2.47. The zero-order valence-electron chi connectivity index (χ0n) is 94.6. The van der Waals surface area contributed by atoms with Gasteiger partial charge in [-0.15, -0.1) is 34.0 Å². The van der Waals surface area contributed by atoms with E-state index in [0.29, 0.717) is 0 Å². The third-order valence-electron chi connectivity index (χ3n) is 42.0. The van der Waals surface area contributed by atoms with E-state index < -0.39 is 0 Å². The van der Waals surface area contributed by atoms with Gasteiger partial charge in [0, 0.05) is 96.1 Å². The van der Waals surface area contributed by atoms with Crippen molar-refractivity contribution in [2.75, 3.05) is 19.6 Å². The number of rotatable bonds is 8. The number of nitrogens with zero attached hydrogens (tertiary/aromatic N) is 4. The molecule has 756 valence electrons. The third kappa shape index (κ3) is 13.6. The molecule has 0 saturated carbocycles. The van der Waals surface area contributed by atoms with Crippen LogP contribution in [0.5, 0.6) is 0 Å². The van der Waals surface area contributed by atoms with Crippen molar-refractivity contribution in [2.45, 2.75) is 399 Å². The SMILES string of the molecule is Cc1cc2c3c(c1)N(c1cccc4c1sc1ccc(C(C)(C)CCC5(C)CCC(C)(C)c6cc7c8c(sc7cc65)B5c6cc7c(cc6N(c6ccc9c(c6)C(C)(C)CCC9(C)C)c6cc(C)cc(c65)N8c5cccc6oc8cc9c(cc8c56)C(C)(C)CCC9(C)C)C(C)(C)CCC7(C)C)cc14)c1c(sc4cc5c(cc14)C(C)(C)CCC5(C)C)B3c1cc3c(cc1N2c1ccc2c(c1)C(C)(C)CCC2(C)C)C(C)(C)CCC3(C)C. The molecule has 8 heterocycles. The zero-order chi connectivity index (χ0) is 104. The Labute approximate surface area is 895 Å². The van der Waals surface area contributed by atoms with E-state index in [0.717, 1.165) is 88.2 Å². The maximum absolute atomic E-state index is 7.38. The first kappa shape index (κ1) is 96.2. The van der Waals surface area contributed by atoms with Crippen molar-refractivity contribution in [2.24, 2.45) is 0 Å². The number of aryl methyl sites for hydroxylation is 2. The lowest BCUT2D eigenvalue weighted by Crippen LogP contribution is -2.61. The number of hydrogen-bond acceptors (Lipinski definition) is 8. The standard InChI is InChI=1S/C138H154B2N4OS3/c1-77-60-107-117-109(62-77)143(103-35-33-37-111-116(103)84-67-91-98(74-112(84)145-111)135(25,26)54-48-129(91,13)14)119-86-69-93-100(76-115(86)148-122(119)139(117)101-70-94-96(133(21,22)52-50-131(94,17)18)72-105(101)141(107)80-39-41-87-89(65-80)127(9,10)46-44-125(87,5)6)138(31,59-57-137(93,29)30)58-56-124(3,4)79-38-43-113-83(64-79)82-34-32-36-104(121(82)146-113)144-110-63-78(2)61-108-118(110)140(123-120(144)85-68-92-99(75-114(85)147-123)136(27,28)55-49-130(92,15)16)102-71-95-97(134(23,24)53-51-132(95,19)20)73-106(102)142(108)81-40-42-88-90(66-81)128(11,12)47-45-126(88,7)8/h32-43,60-76H,44-59H2,1-31H3. The van der Waals surface area contributed by atoms with E-state index in [-0.39, 0.29) is 94.7 Å². The molecule has 0 radical (unpaired) electrons. The van der Waals surface area contributed by atoms with E-state index in [1.165, 1.54) is 265 Å². The summed E-state index contributed by atoms with van der Waals surface area (Å²) in [5.74, 6) is 0. The molecule has 4 aromatic heterocycles. The van der Waals surface area contributed by atoms with Crippen LogP contribution in [0.4, 0.5) is 68.2 Å². The minimum atomic E-state index is -0.171. The van der Waals surface area contributed by atoms with E-state index in [1.807, 2.05) is 11.3 Å². The van der Waals surface area contributed by atoms with Crippen molar-refractivity contribution in [1.82, 2.24) is 0 Å². The van der Waals surface area contributed by atoms with Crippen molar-refractivity contribution in [1.29, 1.82) is 0 Å². The average Bonchev–Trinajstić information content (AvgIpc) is 1.41. The second kappa shape index (κ2) is 30.5. The van der Waals surface area contributed by atoms with Crippen LogP contribution in [0.2, 0.25) is 0 Å². The molecule has 7 aliphatic carbocycles. The van der Waals surface area contributed by atoms with Gasteiger partial charge in [0.1, 0.15) is 11.2 Å². The van der Waals surface area contributed by atoms with Crippen LogP contribution in [-0.2, 0) is 81.2 Å². The fraction of sp³-hybridized carbons (Fsp3) is 0.449. The summed E-state index contributed by atoms with van der Waals surface area (Å²) in [4.78, 5) is 11.2. The minimum absolute atomic E-state index is 0.00196. The highest BCUT2D eigenvalue weighted by Crippen LogP contribution is 2.64. The molecule has 12 aromatic carbocycles. The molecule has 16 aromatic rings. The smallest absolute Gasteiger partial charge is 0.264 e. The molecule has 5 nitrogen and oxygen atoms in total. The number of benzene rings is 12. The molecular weight excluding hydrogens is 1850 g/mol. The van der Waals surface area contributed by atoms with Gasteiger partial charge in [-0.25, -0.2) is 0 Å². The summed E-state index contributed by atoms with van der Waals surface area (Å²) in [7, 11) is 0. The molecule has 4 aliphatic heterocycles. The first-order chi connectivity index (χ1) is 69.4. The Morgan fingerprint density at radius 3 is 1.09 bits per heavy atom. The summed E-state index contributed by atoms with van der Waals surface area (Å²) < 4.78 is 15.8. The Balaban J connectivity index is 0.615. The highest BCUT2D eigenvalue weighted by Gasteiger charge is 2.55. The van der Waals surface area contributed by atoms with Gasteiger partial charge < -0.3 is 24.0 Å². The maximum Gasteiger partial charge on any atom is 0.264 e. The van der Waals surface area contributed by atoms with Gasteiger partial charge in [-0.3, -0.25) is 0 Å². The van der Waals surface area contributed by atoms with Crippen molar-refractivity contribution in [3.8, 4) is 0 Å². The molecule has 0 fully saturated rings. The molecule has 11 aliphatic rings. The molecule has 0 bridgehead atoms. The number of fused-ring (bicyclic) bond motifs is 25. The second-order valence-electron chi connectivity index (χ2n) is 58.5. The van der Waals surface area contributed by atoms with Gasteiger partial charge >= 0.3 is 0 Å². The molecule has 148 heavy (non-hydrogen) atoms. The van der Waals surface area contributed by atoms with Gasteiger partial charge in [-0.05, 0) is 442 Å². The first-order valence-corrected chi connectivity index (χ1v) is 59.2.